The first-order chi connectivity index (χ1) is 9.19. The summed E-state index contributed by atoms with van der Waals surface area (Å²) in [5, 5.41) is 0. The van der Waals surface area contributed by atoms with Crippen LogP contribution >= 0.6 is 0 Å². The average Bonchev–Trinajstić information content (AvgIpc) is 2.67. The summed E-state index contributed by atoms with van der Waals surface area (Å²) in [7, 11) is 3.33. The number of amides is 1. The van der Waals surface area contributed by atoms with E-state index in [0.717, 1.165) is 45.8 Å². The smallest absolute Gasteiger partial charge is 0.239 e. The number of carbonyl (C=O) groups is 1. The summed E-state index contributed by atoms with van der Waals surface area (Å²) in [4.78, 5) is 16.4. The Kier molecular flexibility index (Phi) is 7.97. The zero-order chi connectivity index (χ0) is 14.1. The Hall–Kier alpha value is -0.690. The van der Waals surface area contributed by atoms with Gasteiger partial charge >= 0.3 is 0 Å². The molecule has 0 aromatic rings. The Morgan fingerprint density at radius 1 is 1.16 bits per heavy atom. The van der Waals surface area contributed by atoms with Crippen molar-refractivity contribution in [1.29, 1.82) is 0 Å². The van der Waals surface area contributed by atoms with Crippen molar-refractivity contribution in [3.63, 3.8) is 0 Å². The van der Waals surface area contributed by atoms with Gasteiger partial charge in [-0.3, -0.25) is 9.69 Å². The van der Waals surface area contributed by atoms with Gasteiger partial charge in [0.25, 0.3) is 0 Å². The van der Waals surface area contributed by atoms with Crippen molar-refractivity contribution in [2.24, 2.45) is 5.73 Å². The number of hydrogen-bond acceptors (Lipinski definition) is 5. The highest BCUT2D eigenvalue weighted by molar-refractivity contribution is 5.81. The van der Waals surface area contributed by atoms with Gasteiger partial charge in [0.15, 0.2) is 0 Å². The number of ether oxygens (including phenoxy) is 2. The van der Waals surface area contributed by atoms with Gasteiger partial charge in [-0.25, -0.2) is 0 Å². The molecule has 0 radical (unpaired) electrons. The molecule has 0 bridgehead atoms. The lowest BCUT2D eigenvalue weighted by Gasteiger charge is -2.24. The highest BCUT2D eigenvalue weighted by atomic mass is 16.5. The van der Waals surface area contributed by atoms with Crippen LogP contribution in [-0.2, 0) is 14.3 Å². The summed E-state index contributed by atoms with van der Waals surface area (Å²) in [6.45, 7) is 5.65. The summed E-state index contributed by atoms with van der Waals surface area (Å²) < 4.78 is 10.0. The number of methoxy groups -OCH3 is 2. The maximum absolute atomic E-state index is 12.2. The third-order valence-corrected chi connectivity index (χ3v) is 3.46. The van der Waals surface area contributed by atoms with E-state index in [1.165, 1.54) is 0 Å². The maximum Gasteiger partial charge on any atom is 0.239 e. The number of hydrogen-bond donors (Lipinski definition) is 1. The second kappa shape index (κ2) is 9.25. The van der Waals surface area contributed by atoms with E-state index in [4.69, 9.17) is 15.2 Å². The Labute approximate surface area is 115 Å². The quantitative estimate of drug-likeness (QED) is 0.679. The van der Waals surface area contributed by atoms with Crippen molar-refractivity contribution in [1.82, 2.24) is 9.80 Å². The Bertz CT molecular complexity index is 264. The van der Waals surface area contributed by atoms with Crippen LogP contribution in [-0.4, -0.2) is 81.9 Å². The molecule has 1 rings (SSSR count). The summed E-state index contributed by atoms with van der Waals surface area (Å²) in [5.41, 5.74) is 5.90. The molecule has 19 heavy (non-hydrogen) atoms. The molecule has 1 atom stereocenters. The molecule has 1 saturated heterocycles. The summed E-state index contributed by atoms with van der Waals surface area (Å²) in [6.07, 6.45) is 1.58. The molecule has 1 heterocycles. The minimum atomic E-state index is -0.439. The first kappa shape index (κ1) is 16.4. The van der Waals surface area contributed by atoms with Crippen LogP contribution in [0.1, 0.15) is 12.8 Å². The van der Waals surface area contributed by atoms with E-state index in [9.17, 15) is 4.79 Å². The molecule has 1 aliphatic rings. The number of nitrogens with zero attached hydrogens (tertiary/aromatic N) is 2. The molecule has 112 valence electrons. The molecule has 1 amide bonds. The standard InChI is InChI=1S/C13H27N3O3/c1-18-10-4-12(14)13(17)16-6-3-5-15(7-8-16)9-11-19-2/h12H,3-11,14H2,1-2H3. The topological polar surface area (TPSA) is 68.0 Å². The van der Waals surface area contributed by atoms with Gasteiger partial charge in [0.1, 0.15) is 0 Å². The van der Waals surface area contributed by atoms with Gasteiger partial charge in [-0.1, -0.05) is 0 Å². The predicted molar refractivity (Wildman–Crippen MR) is 74.0 cm³/mol. The van der Waals surface area contributed by atoms with E-state index in [-0.39, 0.29) is 5.91 Å². The lowest BCUT2D eigenvalue weighted by molar-refractivity contribution is -0.132. The van der Waals surface area contributed by atoms with Crippen LogP contribution in [0.5, 0.6) is 0 Å². The molecule has 0 spiro atoms. The van der Waals surface area contributed by atoms with Crippen LogP contribution in [0.25, 0.3) is 0 Å². The average molecular weight is 273 g/mol. The fourth-order valence-electron chi connectivity index (χ4n) is 2.24. The molecule has 1 fully saturated rings. The third kappa shape index (κ3) is 5.86. The zero-order valence-electron chi connectivity index (χ0n) is 12.1. The number of nitrogens with two attached hydrogens (primary N) is 1. The van der Waals surface area contributed by atoms with E-state index in [1.807, 2.05) is 4.90 Å². The van der Waals surface area contributed by atoms with Crippen molar-refractivity contribution in [2.75, 3.05) is 60.2 Å². The minimum absolute atomic E-state index is 0.0469. The predicted octanol–water partition coefficient (Wildman–Crippen LogP) is -0.469. The van der Waals surface area contributed by atoms with Gasteiger partial charge in [0.2, 0.25) is 5.91 Å². The van der Waals surface area contributed by atoms with Crippen molar-refractivity contribution in [2.45, 2.75) is 18.9 Å². The van der Waals surface area contributed by atoms with Crippen molar-refractivity contribution in [3.8, 4) is 0 Å². The molecule has 0 aliphatic carbocycles. The van der Waals surface area contributed by atoms with E-state index in [0.29, 0.717) is 13.0 Å². The van der Waals surface area contributed by atoms with Crippen molar-refractivity contribution in [3.05, 3.63) is 0 Å². The van der Waals surface area contributed by atoms with Gasteiger partial charge in [-0.2, -0.15) is 0 Å². The van der Waals surface area contributed by atoms with Crippen LogP contribution in [0, 0.1) is 0 Å². The van der Waals surface area contributed by atoms with Crippen LogP contribution in [0.2, 0.25) is 0 Å². The van der Waals surface area contributed by atoms with E-state index in [1.54, 1.807) is 14.2 Å². The molecule has 6 nitrogen and oxygen atoms in total. The molecule has 2 N–H and O–H groups in total. The van der Waals surface area contributed by atoms with E-state index in [2.05, 4.69) is 4.90 Å². The molecular formula is C13H27N3O3. The molecule has 1 aliphatic heterocycles. The van der Waals surface area contributed by atoms with Gasteiger partial charge in [0.05, 0.1) is 12.6 Å². The Morgan fingerprint density at radius 2 is 1.89 bits per heavy atom. The first-order valence-corrected chi connectivity index (χ1v) is 6.93. The molecule has 0 saturated carbocycles. The first-order valence-electron chi connectivity index (χ1n) is 6.93. The molecule has 0 aromatic heterocycles. The molecule has 6 heteroatoms. The fourth-order valence-corrected chi connectivity index (χ4v) is 2.24. The molecular weight excluding hydrogens is 246 g/mol. The van der Waals surface area contributed by atoms with Gasteiger partial charge in [0, 0.05) is 47.0 Å². The van der Waals surface area contributed by atoms with Crippen LogP contribution in [0.4, 0.5) is 0 Å². The fraction of sp³-hybridized carbons (Fsp3) is 0.923. The second-order valence-electron chi connectivity index (χ2n) is 4.90. The van der Waals surface area contributed by atoms with Crippen LogP contribution in [0.15, 0.2) is 0 Å². The Morgan fingerprint density at radius 3 is 2.58 bits per heavy atom. The number of carbonyl (C=O) groups excluding carboxylic acids is 1. The summed E-state index contributed by atoms with van der Waals surface area (Å²) >= 11 is 0. The van der Waals surface area contributed by atoms with Crippen LogP contribution in [0.3, 0.4) is 0 Å². The lowest BCUT2D eigenvalue weighted by Crippen LogP contribution is -2.45. The monoisotopic (exact) mass is 273 g/mol. The maximum atomic E-state index is 12.2. The van der Waals surface area contributed by atoms with Crippen molar-refractivity contribution >= 4 is 5.91 Å². The van der Waals surface area contributed by atoms with Crippen LogP contribution < -0.4 is 5.73 Å². The highest BCUT2D eigenvalue weighted by Crippen LogP contribution is 2.06. The largest absolute Gasteiger partial charge is 0.385 e. The molecule has 0 aromatic carbocycles. The second-order valence-corrected chi connectivity index (χ2v) is 4.90. The van der Waals surface area contributed by atoms with Gasteiger partial charge < -0.3 is 20.1 Å². The van der Waals surface area contributed by atoms with Crippen molar-refractivity contribution < 1.29 is 14.3 Å². The zero-order valence-corrected chi connectivity index (χ0v) is 12.1. The number of rotatable bonds is 7. The highest BCUT2D eigenvalue weighted by Gasteiger charge is 2.23. The van der Waals surface area contributed by atoms with Gasteiger partial charge in [-0.15, -0.1) is 0 Å². The minimum Gasteiger partial charge on any atom is -0.385 e. The van der Waals surface area contributed by atoms with E-state index < -0.39 is 6.04 Å². The SMILES string of the molecule is COCCC(N)C(=O)N1CCCN(CCOC)CC1. The normalized spacial score (nSPS) is 19.2. The summed E-state index contributed by atoms with van der Waals surface area (Å²) in [6, 6.07) is -0.439. The van der Waals surface area contributed by atoms with Gasteiger partial charge in [-0.05, 0) is 19.4 Å². The Balaban J connectivity index is 2.36. The molecule has 1 unspecified atom stereocenters. The third-order valence-electron chi connectivity index (χ3n) is 3.46. The van der Waals surface area contributed by atoms with E-state index >= 15 is 0 Å². The summed E-state index contributed by atoms with van der Waals surface area (Å²) in [5.74, 6) is 0.0469. The lowest BCUT2D eigenvalue weighted by atomic mass is 10.2.